The van der Waals surface area contributed by atoms with Gasteiger partial charge in [-0.25, -0.2) is 4.39 Å². The van der Waals surface area contributed by atoms with Crippen LogP contribution in [-0.4, -0.2) is 13.6 Å². The van der Waals surface area contributed by atoms with E-state index in [1.165, 1.54) is 17.7 Å². The van der Waals surface area contributed by atoms with Crippen LogP contribution in [0.4, 0.5) is 10.1 Å². The molecule has 0 heterocycles. The lowest BCUT2D eigenvalue weighted by Crippen LogP contribution is -2.19. The molecule has 0 aliphatic heterocycles. The molecule has 0 saturated heterocycles. The lowest BCUT2D eigenvalue weighted by atomic mass is 10.1. The molecule has 0 radical (unpaired) electrons. The van der Waals surface area contributed by atoms with Crippen molar-refractivity contribution in [1.29, 1.82) is 0 Å². The Balaban J connectivity index is 2.21. The van der Waals surface area contributed by atoms with E-state index in [1.807, 2.05) is 25.2 Å². The lowest BCUT2D eigenvalue weighted by Gasteiger charge is -2.23. The fraction of sp³-hybridized carbons (Fsp3) is 0.250. The summed E-state index contributed by atoms with van der Waals surface area (Å²) in [6.07, 6.45) is 0.806. The van der Waals surface area contributed by atoms with E-state index in [-0.39, 0.29) is 5.82 Å². The van der Waals surface area contributed by atoms with Crippen LogP contribution in [0.15, 0.2) is 42.5 Å². The largest absolute Gasteiger partial charge is 0.370 e. The summed E-state index contributed by atoms with van der Waals surface area (Å²) >= 11 is 6.08. The smallest absolute Gasteiger partial charge is 0.123 e. The number of hydrogen-bond donors (Lipinski definition) is 1. The second kappa shape index (κ2) is 6.73. The fourth-order valence-corrected chi connectivity index (χ4v) is 2.37. The molecule has 2 aromatic carbocycles. The average Bonchev–Trinajstić information content (AvgIpc) is 2.43. The van der Waals surface area contributed by atoms with E-state index in [1.54, 1.807) is 12.1 Å². The average molecular weight is 293 g/mol. The van der Waals surface area contributed by atoms with E-state index in [0.29, 0.717) is 18.1 Å². The van der Waals surface area contributed by atoms with E-state index in [9.17, 15) is 4.39 Å². The molecule has 0 unspecified atom stereocenters. The van der Waals surface area contributed by atoms with Crippen molar-refractivity contribution in [3.8, 4) is 0 Å². The van der Waals surface area contributed by atoms with E-state index in [2.05, 4.69) is 4.90 Å². The van der Waals surface area contributed by atoms with Crippen molar-refractivity contribution in [3.63, 3.8) is 0 Å². The molecule has 4 heteroatoms. The molecule has 0 spiro atoms. The second-order valence-corrected chi connectivity index (χ2v) is 5.23. The molecule has 0 aliphatic carbocycles. The molecule has 0 amide bonds. The van der Waals surface area contributed by atoms with Crippen LogP contribution in [0, 0.1) is 5.82 Å². The van der Waals surface area contributed by atoms with Crippen LogP contribution < -0.4 is 10.6 Å². The highest BCUT2D eigenvalue weighted by Crippen LogP contribution is 2.25. The topological polar surface area (TPSA) is 29.3 Å². The Morgan fingerprint density at radius 3 is 2.50 bits per heavy atom. The van der Waals surface area contributed by atoms with Gasteiger partial charge in [0.25, 0.3) is 0 Å². The first-order valence-electron chi connectivity index (χ1n) is 6.54. The van der Waals surface area contributed by atoms with Gasteiger partial charge in [-0.15, -0.1) is 0 Å². The maximum Gasteiger partial charge on any atom is 0.123 e. The zero-order valence-electron chi connectivity index (χ0n) is 11.4. The van der Waals surface area contributed by atoms with E-state index in [0.717, 1.165) is 17.7 Å². The number of nitrogens with zero attached hydrogens (tertiary/aromatic N) is 1. The predicted molar refractivity (Wildman–Crippen MR) is 82.7 cm³/mol. The van der Waals surface area contributed by atoms with Gasteiger partial charge in [-0.05, 0) is 48.4 Å². The summed E-state index contributed by atoms with van der Waals surface area (Å²) in [5, 5.41) is 0.701. The Morgan fingerprint density at radius 1 is 1.15 bits per heavy atom. The molecule has 0 saturated carbocycles. The Morgan fingerprint density at radius 2 is 1.85 bits per heavy atom. The number of nitrogens with two attached hydrogens (primary N) is 1. The molecule has 20 heavy (non-hydrogen) atoms. The third kappa shape index (κ3) is 3.71. The Bertz CT molecular complexity index is 569. The summed E-state index contributed by atoms with van der Waals surface area (Å²) in [6, 6.07) is 12.4. The first-order chi connectivity index (χ1) is 9.60. The predicted octanol–water partition coefficient (Wildman–Crippen LogP) is 3.62. The van der Waals surface area contributed by atoms with Crippen molar-refractivity contribution in [1.82, 2.24) is 0 Å². The normalized spacial score (nSPS) is 10.6. The Hall–Kier alpha value is -1.58. The molecular weight excluding hydrogens is 275 g/mol. The van der Waals surface area contributed by atoms with Crippen molar-refractivity contribution in [2.75, 3.05) is 18.5 Å². The monoisotopic (exact) mass is 292 g/mol. The summed E-state index contributed by atoms with van der Waals surface area (Å²) in [6.45, 7) is 1.29. The van der Waals surface area contributed by atoms with Gasteiger partial charge >= 0.3 is 0 Å². The Labute approximate surface area is 124 Å². The third-order valence-corrected chi connectivity index (χ3v) is 3.44. The molecular formula is C16H18ClFN2. The summed E-state index contributed by atoms with van der Waals surface area (Å²) in [4.78, 5) is 2.10. The second-order valence-electron chi connectivity index (χ2n) is 4.79. The van der Waals surface area contributed by atoms with E-state index >= 15 is 0 Å². The first kappa shape index (κ1) is 14.8. The standard InChI is InChI=1S/C16H18ClFN2/c1-20(11-12-2-6-15(18)7-3-12)16-10-14(17)5-4-13(16)8-9-19/h2-7,10H,8-9,11,19H2,1H3. The number of anilines is 1. The number of hydrogen-bond acceptors (Lipinski definition) is 2. The van der Waals surface area contributed by atoms with Crippen molar-refractivity contribution < 1.29 is 4.39 Å². The maximum absolute atomic E-state index is 12.9. The molecule has 0 atom stereocenters. The van der Waals surface area contributed by atoms with E-state index < -0.39 is 0 Å². The van der Waals surface area contributed by atoms with Gasteiger partial charge < -0.3 is 10.6 Å². The zero-order valence-corrected chi connectivity index (χ0v) is 12.2. The van der Waals surface area contributed by atoms with Gasteiger partial charge in [0.05, 0.1) is 0 Å². The molecule has 0 bridgehead atoms. The van der Waals surface area contributed by atoms with Crippen molar-refractivity contribution in [3.05, 3.63) is 64.4 Å². The first-order valence-corrected chi connectivity index (χ1v) is 6.92. The molecule has 2 N–H and O–H groups in total. The van der Waals surface area contributed by atoms with E-state index in [4.69, 9.17) is 17.3 Å². The van der Waals surface area contributed by atoms with Crippen LogP contribution in [0.25, 0.3) is 0 Å². The van der Waals surface area contributed by atoms with Gasteiger partial charge in [0.15, 0.2) is 0 Å². The Kier molecular flexibility index (Phi) is 4.99. The SMILES string of the molecule is CN(Cc1ccc(F)cc1)c1cc(Cl)ccc1CCN. The van der Waals surface area contributed by atoms with Gasteiger partial charge in [0.2, 0.25) is 0 Å². The molecule has 2 aromatic rings. The van der Waals surface area contributed by atoms with Crippen molar-refractivity contribution >= 4 is 17.3 Å². The lowest BCUT2D eigenvalue weighted by molar-refractivity contribution is 0.627. The molecule has 0 fully saturated rings. The van der Waals surface area contributed by atoms with Gasteiger partial charge in [-0.3, -0.25) is 0 Å². The fourth-order valence-electron chi connectivity index (χ4n) is 2.21. The minimum absolute atomic E-state index is 0.219. The summed E-state index contributed by atoms with van der Waals surface area (Å²) in [5.41, 5.74) is 8.92. The quantitative estimate of drug-likeness (QED) is 0.912. The molecule has 0 aromatic heterocycles. The molecule has 0 aliphatic rings. The molecule has 2 rings (SSSR count). The van der Waals surface area contributed by atoms with Crippen LogP contribution >= 0.6 is 11.6 Å². The van der Waals surface area contributed by atoms with Crippen molar-refractivity contribution in [2.45, 2.75) is 13.0 Å². The van der Waals surface area contributed by atoms with Crippen molar-refractivity contribution in [2.24, 2.45) is 5.73 Å². The number of benzene rings is 2. The van der Waals surface area contributed by atoms with Gasteiger partial charge in [0.1, 0.15) is 5.82 Å². The summed E-state index contributed by atoms with van der Waals surface area (Å²) in [7, 11) is 2.00. The van der Waals surface area contributed by atoms with Crippen LogP contribution in [0.1, 0.15) is 11.1 Å². The zero-order chi connectivity index (χ0) is 14.5. The van der Waals surface area contributed by atoms with Gasteiger partial charge in [-0.1, -0.05) is 29.8 Å². The van der Waals surface area contributed by atoms with Gasteiger partial charge in [0, 0.05) is 24.3 Å². The van der Waals surface area contributed by atoms with Crippen LogP contribution in [0.5, 0.6) is 0 Å². The maximum atomic E-state index is 12.9. The van der Waals surface area contributed by atoms with Crippen LogP contribution in [0.3, 0.4) is 0 Å². The summed E-state index contributed by atoms with van der Waals surface area (Å²) in [5.74, 6) is -0.219. The highest BCUT2D eigenvalue weighted by atomic mass is 35.5. The number of rotatable bonds is 5. The highest BCUT2D eigenvalue weighted by molar-refractivity contribution is 6.30. The number of halogens is 2. The minimum Gasteiger partial charge on any atom is -0.370 e. The van der Waals surface area contributed by atoms with Crippen LogP contribution in [-0.2, 0) is 13.0 Å². The minimum atomic E-state index is -0.219. The van der Waals surface area contributed by atoms with Crippen LogP contribution in [0.2, 0.25) is 5.02 Å². The molecule has 106 valence electrons. The third-order valence-electron chi connectivity index (χ3n) is 3.21. The summed E-state index contributed by atoms with van der Waals surface area (Å²) < 4.78 is 12.9. The van der Waals surface area contributed by atoms with Gasteiger partial charge in [-0.2, -0.15) is 0 Å². The highest BCUT2D eigenvalue weighted by Gasteiger charge is 2.09. The molecule has 2 nitrogen and oxygen atoms in total.